The zero-order chi connectivity index (χ0) is 11.4. The molecule has 16 heavy (non-hydrogen) atoms. The number of rotatable bonds is 3. The molecule has 0 spiro atoms. The molecule has 1 aromatic heterocycles. The van der Waals surface area contributed by atoms with Crippen LogP contribution in [-0.4, -0.2) is 39.7 Å². The highest BCUT2D eigenvalue weighted by atomic mass is 35.5. The number of nitrogens with zero attached hydrogens (tertiary/aromatic N) is 3. The lowest BCUT2D eigenvalue weighted by Crippen LogP contribution is -2.34. The first-order valence-corrected chi connectivity index (χ1v) is 5.96. The van der Waals surface area contributed by atoms with Crippen molar-refractivity contribution in [3.8, 4) is 0 Å². The van der Waals surface area contributed by atoms with Crippen LogP contribution in [0.1, 0.15) is 18.5 Å². The van der Waals surface area contributed by atoms with Crippen LogP contribution in [-0.2, 0) is 6.54 Å². The van der Waals surface area contributed by atoms with Crippen molar-refractivity contribution in [1.82, 2.24) is 14.9 Å². The molecule has 1 saturated heterocycles. The first kappa shape index (κ1) is 11.8. The molecule has 4 nitrogen and oxygen atoms in total. The Balaban J connectivity index is 1.87. The fraction of sp³-hybridized carbons (Fsp3) is 0.636. The van der Waals surface area contributed by atoms with E-state index in [0.717, 1.165) is 38.2 Å². The normalized spacial score (nSPS) is 18.9. The maximum atomic E-state index is 9.05. The maximum absolute atomic E-state index is 9.05. The number of aromatic nitrogens is 2. The number of halogens is 1. The van der Waals surface area contributed by atoms with Gasteiger partial charge in [0.15, 0.2) is 0 Å². The lowest BCUT2D eigenvalue weighted by atomic mass is 9.98. The van der Waals surface area contributed by atoms with Crippen molar-refractivity contribution >= 4 is 11.6 Å². The van der Waals surface area contributed by atoms with E-state index in [1.54, 1.807) is 6.20 Å². The highest BCUT2D eigenvalue weighted by Gasteiger charge is 2.18. The van der Waals surface area contributed by atoms with Gasteiger partial charge >= 0.3 is 0 Å². The number of aliphatic hydroxyl groups is 1. The van der Waals surface area contributed by atoms with Crippen molar-refractivity contribution in [2.75, 3.05) is 19.7 Å². The molecule has 0 saturated carbocycles. The summed E-state index contributed by atoms with van der Waals surface area (Å²) in [7, 11) is 0. The van der Waals surface area contributed by atoms with E-state index >= 15 is 0 Å². The van der Waals surface area contributed by atoms with E-state index < -0.39 is 0 Å². The minimum Gasteiger partial charge on any atom is -0.396 e. The maximum Gasteiger partial charge on any atom is 0.222 e. The average molecular weight is 242 g/mol. The summed E-state index contributed by atoms with van der Waals surface area (Å²) in [6, 6.07) is 1.89. The Morgan fingerprint density at radius 1 is 1.44 bits per heavy atom. The quantitative estimate of drug-likeness (QED) is 0.812. The van der Waals surface area contributed by atoms with Gasteiger partial charge in [-0.15, -0.1) is 0 Å². The van der Waals surface area contributed by atoms with E-state index in [0.29, 0.717) is 17.8 Å². The van der Waals surface area contributed by atoms with Crippen LogP contribution in [0.5, 0.6) is 0 Å². The molecule has 88 valence electrons. The molecule has 0 atom stereocenters. The summed E-state index contributed by atoms with van der Waals surface area (Å²) >= 11 is 5.73. The van der Waals surface area contributed by atoms with Crippen molar-refractivity contribution < 1.29 is 5.11 Å². The van der Waals surface area contributed by atoms with Gasteiger partial charge in [0.05, 0.1) is 5.69 Å². The van der Waals surface area contributed by atoms with E-state index in [2.05, 4.69) is 14.9 Å². The molecule has 0 bridgehead atoms. The van der Waals surface area contributed by atoms with Gasteiger partial charge in [-0.1, -0.05) is 0 Å². The second-order valence-corrected chi connectivity index (χ2v) is 4.56. The molecule has 1 aliphatic rings. The van der Waals surface area contributed by atoms with Crippen LogP contribution in [0.4, 0.5) is 0 Å². The Kier molecular flexibility index (Phi) is 4.09. The summed E-state index contributed by atoms with van der Waals surface area (Å²) in [5.41, 5.74) is 0.961. The van der Waals surface area contributed by atoms with Crippen LogP contribution >= 0.6 is 11.6 Å². The third-order valence-corrected chi connectivity index (χ3v) is 3.22. The Morgan fingerprint density at radius 3 is 2.81 bits per heavy atom. The van der Waals surface area contributed by atoms with Gasteiger partial charge in [0, 0.05) is 19.3 Å². The monoisotopic (exact) mass is 241 g/mol. The van der Waals surface area contributed by atoms with E-state index in [4.69, 9.17) is 16.7 Å². The third-order valence-electron chi connectivity index (χ3n) is 3.03. The summed E-state index contributed by atoms with van der Waals surface area (Å²) in [4.78, 5) is 10.4. The van der Waals surface area contributed by atoms with E-state index in [1.165, 1.54) is 0 Å². The minimum atomic E-state index is 0.308. The number of hydrogen-bond acceptors (Lipinski definition) is 4. The number of likely N-dealkylation sites (tertiary alicyclic amines) is 1. The highest BCUT2D eigenvalue weighted by molar-refractivity contribution is 6.28. The van der Waals surface area contributed by atoms with Gasteiger partial charge in [-0.05, 0) is 49.5 Å². The second kappa shape index (κ2) is 5.57. The minimum absolute atomic E-state index is 0.308. The molecule has 0 amide bonds. The molecule has 2 rings (SSSR count). The summed E-state index contributed by atoms with van der Waals surface area (Å²) in [6.07, 6.45) is 3.82. The van der Waals surface area contributed by atoms with Gasteiger partial charge in [-0.25, -0.2) is 9.97 Å². The summed E-state index contributed by atoms with van der Waals surface area (Å²) < 4.78 is 0. The molecule has 0 aromatic carbocycles. The van der Waals surface area contributed by atoms with Crippen molar-refractivity contribution in [1.29, 1.82) is 0 Å². The average Bonchev–Trinajstić information content (AvgIpc) is 2.30. The fourth-order valence-corrected chi connectivity index (χ4v) is 2.18. The lowest BCUT2D eigenvalue weighted by Gasteiger charge is -2.30. The Labute approximate surface area is 100 Å². The predicted molar refractivity (Wildman–Crippen MR) is 62.1 cm³/mol. The molecule has 0 radical (unpaired) electrons. The fourth-order valence-electron chi connectivity index (χ4n) is 2.01. The lowest BCUT2D eigenvalue weighted by molar-refractivity contribution is 0.126. The zero-order valence-electron chi connectivity index (χ0n) is 9.14. The number of aliphatic hydroxyl groups excluding tert-OH is 1. The molecular weight excluding hydrogens is 226 g/mol. The summed E-state index contributed by atoms with van der Waals surface area (Å²) in [5.74, 6) is 0.477. The van der Waals surface area contributed by atoms with Gasteiger partial charge in [0.1, 0.15) is 0 Å². The standard InChI is InChI=1S/C11H16ClN3O/c12-11-13-4-1-10(14-11)7-15-5-2-9(8-16)3-6-15/h1,4,9,16H,2-3,5-8H2. The molecular formula is C11H16ClN3O. The van der Waals surface area contributed by atoms with Crippen molar-refractivity contribution in [3.05, 3.63) is 23.2 Å². The smallest absolute Gasteiger partial charge is 0.222 e. The second-order valence-electron chi connectivity index (χ2n) is 4.22. The Bertz CT molecular complexity index is 340. The molecule has 1 aromatic rings. The molecule has 1 aliphatic heterocycles. The van der Waals surface area contributed by atoms with Gasteiger partial charge < -0.3 is 5.11 Å². The summed E-state index contributed by atoms with van der Waals surface area (Å²) in [5, 5.41) is 9.35. The van der Waals surface area contributed by atoms with Crippen LogP contribution in [0.15, 0.2) is 12.3 Å². The topological polar surface area (TPSA) is 49.2 Å². The van der Waals surface area contributed by atoms with Crippen LogP contribution < -0.4 is 0 Å². The van der Waals surface area contributed by atoms with Crippen molar-refractivity contribution in [3.63, 3.8) is 0 Å². The van der Waals surface area contributed by atoms with Gasteiger partial charge in [-0.2, -0.15) is 0 Å². The van der Waals surface area contributed by atoms with Gasteiger partial charge in [0.2, 0.25) is 5.28 Å². The van der Waals surface area contributed by atoms with Crippen molar-refractivity contribution in [2.24, 2.45) is 5.92 Å². The van der Waals surface area contributed by atoms with Crippen LogP contribution in [0.2, 0.25) is 5.28 Å². The number of hydrogen-bond donors (Lipinski definition) is 1. The van der Waals surface area contributed by atoms with Crippen LogP contribution in [0.25, 0.3) is 0 Å². The highest BCUT2D eigenvalue weighted by Crippen LogP contribution is 2.17. The molecule has 2 heterocycles. The van der Waals surface area contributed by atoms with Crippen LogP contribution in [0.3, 0.4) is 0 Å². The van der Waals surface area contributed by atoms with E-state index in [9.17, 15) is 0 Å². The zero-order valence-corrected chi connectivity index (χ0v) is 9.90. The molecule has 0 unspecified atom stereocenters. The molecule has 1 N–H and O–H groups in total. The molecule has 5 heteroatoms. The van der Waals surface area contributed by atoms with E-state index in [-0.39, 0.29) is 0 Å². The summed E-state index contributed by atoms with van der Waals surface area (Å²) in [6.45, 7) is 3.17. The first-order valence-electron chi connectivity index (χ1n) is 5.58. The largest absolute Gasteiger partial charge is 0.396 e. The number of piperidine rings is 1. The molecule has 0 aliphatic carbocycles. The van der Waals surface area contributed by atoms with E-state index in [1.807, 2.05) is 6.07 Å². The first-order chi connectivity index (χ1) is 7.78. The van der Waals surface area contributed by atoms with Gasteiger partial charge in [-0.3, -0.25) is 4.90 Å². The SMILES string of the molecule is OCC1CCN(Cc2ccnc(Cl)n2)CC1. The molecule has 1 fully saturated rings. The Hall–Kier alpha value is -0.710. The third kappa shape index (κ3) is 3.14. The van der Waals surface area contributed by atoms with Gasteiger partial charge in [0.25, 0.3) is 0 Å². The predicted octanol–water partition coefficient (Wildman–Crippen LogP) is 1.33. The van der Waals surface area contributed by atoms with Crippen molar-refractivity contribution in [2.45, 2.75) is 19.4 Å². The Morgan fingerprint density at radius 2 is 2.19 bits per heavy atom. The van der Waals surface area contributed by atoms with Crippen LogP contribution in [0, 0.1) is 5.92 Å².